The minimum absolute atomic E-state index is 0.00806. The van der Waals surface area contributed by atoms with E-state index in [0.717, 1.165) is 44.2 Å². The number of allylic oxidation sites excluding steroid dienone is 2. The van der Waals surface area contributed by atoms with Gasteiger partial charge in [-0.05, 0) is 101 Å². The molecule has 1 aliphatic rings. The maximum atomic E-state index is 15.0. The summed E-state index contributed by atoms with van der Waals surface area (Å²) in [5, 5.41) is 3.07. The minimum atomic E-state index is -0.637. The molecule has 0 saturated carbocycles. The normalized spacial score (nSPS) is 15.4. The van der Waals surface area contributed by atoms with Gasteiger partial charge < -0.3 is 14.8 Å². The Morgan fingerprint density at radius 3 is 2.49 bits per heavy atom. The number of aromatic nitrogens is 5. The SMILES string of the molecule is C/C=C(/c1ccc(Nc2ncc(F)c(-c3cc(F)c4nc(C)n(C(C)C)c4c3)n2)nc1)C1CCN(CC)CC1. The Balaban J connectivity index is 1.38. The van der Waals surface area contributed by atoms with E-state index in [1.165, 1.54) is 11.6 Å². The Labute approximate surface area is 228 Å². The van der Waals surface area contributed by atoms with Gasteiger partial charge in [-0.1, -0.05) is 13.0 Å². The molecule has 0 atom stereocenters. The van der Waals surface area contributed by atoms with E-state index < -0.39 is 11.6 Å². The van der Waals surface area contributed by atoms with Gasteiger partial charge in [-0.3, -0.25) is 0 Å². The number of likely N-dealkylation sites (tertiary alicyclic amines) is 1. The smallest absolute Gasteiger partial charge is 0.229 e. The van der Waals surface area contributed by atoms with Crippen molar-refractivity contribution in [1.29, 1.82) is 0 Å². The molecule has 1 fully saturated rings. The number of benzene rings is 1. The highest BCUT2D eigenvalue weighted by molar-refractivity contribution is 5.83. The van der Waals surface area contributed by atoms with Crippen molar-refractivity contribution in [3.63, 3.8) is 0 Å². The molecule has 0 bridgehead atoms. The summed E-state index contributed by atoms with van der Waals surface area (Å²) in [5.74, 6) is 0.789. The number of anilines is 2. The Bertz CT molecular complexity index is 1500. The van der Waals surface area contributed by atoms with Crippen LogP contribution in [0.15, 0.2) is 42.7 Å². The third kappa shape index (κ3) is 5.41. The first kappa shape index (κ1) is 26.9. The first-order valence-corrected chi connectivity index (χ1v) is 13.6. The van der Waals surface area contributed by atoms with Crippen molar-refractivity contribution in [3.05, 3.63) is 65.8 Å². The molecule has 1 saturated heterocycles. The summed E-state index contributed by atoms with van der Waals surface area (Å²) in [7, 11) is 0. The molecular weight excluding hydrogens is 496 g/mol. The highest BCUT2D eigenvalue weighted by Gasteiger charge is 2.22. The summed E-state index contributed by atoms with van der Waals surface area (Å²) < 4.78 is 31.8. The molecule has 1 aromatic carbocycles. The number of piperidine rings is 1. The van der Waals surface area contributed by atoms with Crippen LogP contribution in [-0.4, -0.2) is 49.0 Å². The van der Waals surface area contributed by atoms with Gasteiger partial charge in [-0.2, -0.15) is 0 Å². The molecule has 3 aromatic heterocycles. The standard InChI is InChI=1S/C30H35F2N7/c1-6-23(20-10-12-38(7-2)13-11-20)21-8-9-27(33-16-21)36-30-34-17-25(32)28(37-30)22-14-24(31)29-26(15-22)39(18(3)4)19(5)35-29/h6,8-9,14-18,20H,7,10-13H2,1-5H3,(H,33,34,36,37)/b23-6+. The summed E-state index contributed by atoms with van der Waals surface area (Å²) in [4.78, 5) is 19.9. The largest absolute Gasteiger partial charge is 0.326 e. The van der Waals surface area contributed by atoms with Crippen molar-refractivity contribution in [2.75, 3.05) is 25.0 Å². The van der Waals surface area contributed by atoms with Gasteiger partial charge >= 0.3 is 0 Å². The first-order chi connectivity index (χ1) is 18.8. The molecule has 7 nitrogen and oxygen atoms in total. The maximum Gasteiger partial charge on any atom is 0.229 e. The van der Waals surface area contributed by atoms with Crippen LogP contribution in [0.3, 0.4) is 0 Å². The van der Waals surface area contributed by atoms with Crippen molar-refractivity contribution < 1.29 is 8.78 Å². The topological polar surface area (TPSA) is 71.8 Å². The van der Waals surface area contributed by atoms with Crippen LogP contribution in [0.25, 0.3) is 27.9 Å². The molecule has 0 unspecified atom stereocenters. The number of nitrogens with one attached hydrogen (secondary N) is 1. The number of rotatable bonds is 7. The van der Waals surface area contributed by atoms with Gasteiger partial charge in [0, 0.05) is 17.8 Å². The minimum Gasteiger partial charge on any atom is -0.326 e. The summed E-state index contributed by atoms with van der Waals surface area (Å²) in [6.07, 6.45) is 7.42. The number of halogens is 2. The molecule has 0 amide bonds. The third-order valence-electron chi connectivity index (χ3n) is 7.58. The van der Waals surface area contributed by atoms with Gasteiger partial charge in [-0.15, -0.1) is 0 Å². The third-order valence-corrected chi connectivity index (χ3v) is 7.58. The highest BCUT2D eigenvalue weighted by Crippen LogP contribution is 2.33. The molecule has 4 aromatic rings. The van der Waals surface area contributed by atoms with Crippen molar-refractivity contribution >= 4 is 28.4 Å². The van der Waals surface area contributed by atoms with E-state index in [1.54, 1.807) is 6.07 Å². The van der Waals surface area contributed by atoms with Gasteiger partial charge in [0.25, 0.3) is 0 Å². The lowest BCUT2D eigenvalue weighted by atomic mass is 9.85. The average Bonchev–Trinajstić information content (AvgIpc) is 3.28. The lowest BCUT2D eigenvalue weighted by molar-refractivity contribution is 0.216. The number of aryl methyl sites for hydroxylation is 1. The zero-order valence-electron chi connectivity index (χ0n) is 23.2. The van der Waals surface area contributed by atoms with Crippen LogP contribution < -0.4 is 5.32 Å². The van der Waals surface area contributed by atoms with E-state index in [1.807, 2.05) is 43.7 Å². The quantitative estimate of drug-likeness (QED) is 0.279. The van der Waals surface area contributed by atoms with Crippen LogP contribution in [-0.2, 0) is 0 Å². The molecule has 1 N–H and O–H groups in total. The monoisotopic (exact) mass is 531 g/mol. The Kier molecular flexibility index (Phi) is 7.70. The molecule has 0 aliphatic carbocycles. The van der Waals surface area contributed by atoms with Crippen molar-refractivity contribution in [3.8, 4) is 11.3 Å². The molecule has 0 radical (unpaired) electrons. The van der Waals surface area contributed by atoms with E-state index in [4.69, 9.17) is 0 Å². The average molecular weight is 532 g/mol. The predicted octanol–water partition coefficient (Wildman–Crippen LogP) is 6.93. The zero-order valence-corrected chi connectivity index (χ0v) is 23.2. The van der Waals surface area contributed by atoms with Crippen molar-refractivity contribution in [2.45, 2.75) is 53.5 Å². The highest BCUT2D eigenvalue weighted by atomic mass is 19.1. The first-order valence-electron chi connectivity index (χ1n) is 13.6. The number of imidazole rings is 1. The molecule has 1 aliphatic heterocycles. The number of hydrogen-bond donors (Lipinski definition) is 1. The number of fused-ring (bicyclic) bond motifs is 1. The fourth-order valence-corrected chi connectivity index (χ4v) is 5.64. The van der Waals surface area contributed by atoms with Crippen LogP contribution in [0.1, 0.15) is 58.0 Å². The number of hydrogen-bond acceptors (Lipinski definition) is 6. The van der Waals surface area contributed by atoms with Crippen molar-refractivity contribution in [1.82, 2.24) is 29.4 Å². The number of nitrogens with zero attached hydrogens (tertiary/aromatic N) is 6. The summed E-state index contributed by atoms with van der Waals surface area (Å²) >= 11 is 0. The van der Waals surface area contributed by atoms with Gasteiger partial charge in [0.1, 0.15) is 22.9 Å². The van der Waals surface area contributed by atoms with Crippen molar-refractivity contribution in [2.24, 2.45) is 5.92 Å². The zero-order chi connectivity index (χ0) is 27.7. The molecule has 9 heteroatoms. The van der Waals surface area contributed by atoms with E-state index in [9.17, 15) is 8.78 Å². The molecule has 5 rings (SSSR count). The summed E-state index contributed by atoms with van der Waals surface area (Å²) in [5.41, 5.74) is 3.60. The van der Waals surface area contributed by atoms with Gasteiger partial charge in [0.2, 0.25) is 5.95 Å². The van der Waals surface area contributed by atoms with Crippen LogP contribution >= 0.6 is 0 Å². The molecule has 39 heavy (non-hydrogen) atoms. The van der Waals surface area contributed by atoms with Crippen LogP contribution in [0.5, 0.6) is 0 Å². The second-order valence-corrected chi connectivity index (χ2v) is 10.3. The van der Waals surface area contributed by atoms with E-state index in [-0.39, 0.29) is 23.2 Å². The predicted molar refractivity (Wildman–Crippen MR) is 152 cm³/mol. The van der Waals surface area contributed by atoms with Crippen LogP contribution in [0, 0.1) is 24.5 Å². The van der Waals surface area contributed by atoms with Gasteiger partial charge in [0.05, 0.1) is 11.7 Å². The van der Waals surface area contributed by atoms with E-state index >= 15 is 0 Å². The summed E-state index contributed by atoms with van der Waals surface area (Å²) in [6.45, 7) is 13.4. The fraction of sp³-hybridized carbons (Fsp3) is 0.400. The van der Waals surface area contributed by atoms with E-state index in [2.05, 4.69) is 50.1 Å². The molecule has 0 spiro atoms. The number of pyridine rings is 1. The summed E-state index contributed by atoms with van der Waals surface area (Å²) in [6, 6.07) is 6.98. The Morgan fingerprint density at radius 2 is 1.85 bits per heavy atom. The van der Waals surface area contributed by atoms with Crippen LogP contribution in [0.4, 0.5) is 20.5 Å². The molecule has 204 valence electrons. The van der Waals surface area contributed by atoms with Gasteiger partial charge in [-0.25, -0.2) is 28.7 Å². The van der Waals surface area contributed by atoms with Gasteiger partial charge in [0.15, 0.2) is 11.6 Å². The lowest BCUT2D eigenvalue weighted by Crippen LogP contribution is -2.33. The molecular formula is C30H35F2N7. The maximum absolute atomic E-state index is 15.0. The Hall–Kier alpha value is -3.72. The second-order valence-electron chi connectivity index (χ2n) is 10.3. The molecule has 4 heterocycles. The fourth-order valence-electron chi connectivity index (χ4n) is 5.64. The van der Waals surface area contributed by atoms with Crippen LogP contribution in [0.2, 0.25) is 0 Å². The Morgan fingerprint density at radius 1 is 1.08 bits per heavy atom. The second kappa shape index (κ2) is 11.2. The lowest BCUT2D eigenvalue weighted by Gasteiger charge is -2.32. The van der Waals surface area contributed by atoms with E-state index in [0.29, 0.717) is 28.6 Å².